The molecule has 2 N–H and O–H groups in total. The maximum absolute atomic E-state index is 11.9. The zero-order valence-electron chi connectivity index (χ0n) is 10.5. The Bertz CT molecular complexity index is 261. The molecule has 0 heterocycles. The highest BCUT2D eigenvalue weighted by atomic mass is 32.1. The first kappa shape index (κ1) is 15.7. The largest absolute Gasteiger partial charge is 0.355 e. The van der Waals surface area contributed by atoms with Crippen molar-refractivity contribution >= 4 is 37.1 Å². The van der Waals surface area contributed by atoms with Crippen LogP contribution in [0.5, 0.6) is 0 Å². The maximum Gasteiger partial charge on any atom is 0.223 e. The van der Waals surface area contributed by atoms with Gasteiger partial charge in [0.2, 0.25) is 11.8 Å². The summed E-state index contributed by atoms with van der Waals surface area (Å²) >= 11 is 8.12. The lowest BCUT2D eigenvalue weighted by atomic mass is 9.80. The van der Waals surface area contributed by atoms with Crippen LogP contribution in [-0.4, -0.2) is 36.4 Å². The third-order valence-electron chi connectivity index (χ3n) is 3.24. The summed E-state index contributed by atoms with van der Waals surface area (Å²) in [5, 5.41) is 5.69. The Morgan fingerprint density at radius 3 is 1.78 bits per heavy atom. The first-order valence-electron chi connectivity index (χ1n) is 6.46. The van der Waals surface area contributed by atoms with Crippen molar-refractivity contribution in [3.63, 3.8) is 0 Å². The molecule has 2 atom stereocenters. The lowest BCUT2D eigenvalue weighted by molar-refractivity contribution is -0.130. The fourth-order valence-corrected chi connectivity index (χ4v) is 2.54. The molecule has 6 heteroatoms. The second-order valence-electron chi connectivity index (χ2n) is 4.59. The van der Waals surface area contributed by atoms with Crippen molar-refractivity contribution in [2.75, 3.05) is 24.6 Å². The Labute approximate surface area is 119 Å². The Hall–Kier alpha value is -0.360. The molecule has 0 radical (unpaired) electrons. The SMILES string of the molecule is O=C(NCCS)C1CCCC(C(=O)NCCS)C1. The normalized spacial score (nSPS) is 23.4. The predicted molar refractivity (Wildman–Crippen MR) is 79.2 cm³/mol. The van der Waals surface area contributed by atoms with Gasteiger partial charge in [0.1, 0.15) is 0 Å². The van der Waals surface area contributed by atoms with E-state index < -0.39 is 0 Å². The van der Waals surface area contributed by atoms with Crippen LogP contribution in [0.3, 0.4) is 0 Å². The van der Waals surface area contributed by atoms with Gasteiger partial charge in [-0.1, -0.05) is 6.42 Å². The summed E-state index contributed by atoms with van der Waals surface area (Å²) in [4.78, 5) is 23.7. The topological polar surface area (TPSA) is 58.2 Å². The van der Waals surface area contributed by atoms with Crippen molar-refractivity contribution in [1.82, 2.24) is 10.6 Å². The molecule has 1 aliphatic carbocycles. The van der Waals surface area contributed by atoms with Gasteiger partial charge in [-0.05, 0) is 19.3 Å². The van der Waals surface area contributed by atoms with Gasteiger partial charge in [-0.3, -0.25) is 9.59 Å². The molecule has 4 nitrogen and oxygen atoms in total. The summed E-state index contributed by atoms with van der Waals surface area (Å²) < 4.78 is 0. The van der Waals surface area contributed by atoms with Gasteiger partial charge in [-0.2, -0.15) is 25.3 Å². The summed E-state index contributed by atoms with van der Waals surface area (Å²) in [6.07, 6.45) is 3.37. The summed E-state index contributed by atoms with van der Waals surface area (Å²) in [7, 11) is 0. The molecular weight excluding hydrogens is 268 g/mol. The Morgan fingerprint density at radius 1 is 0.944 bits per heavy atom. The molecule has 1 aliphatic rings. The van der Waals surface area contributed by atoms with Crippen molar-refractivity contribution in [1.29, 1.82) is 0 Å². The average molecular weight is 290 g/mol. The van der Waals surface area contributed by atoms with Crippen LogP contribution >= 0.6 is 25.3 Å². The number of thiol groups is 2. The average Bonchev–Trinajstić information content (AvgIpc) is 2.42. The summed E-state index contributed by atoms with van der Waals surface area (Å²) in [6, 6.07) is 0. The molecule has 0 aliphatic heterocycles. The van der Waals surface area contributed by atoms with Crippen LogP contribution < -0.4 is 10.6 Å². The highest BCUT2D eigenvalue weighted by molar-refractivity contribution is 7.80. The van der Waals surface area contributed by atoms with Gasteiger partial charge in [0.15, 0.2) is 0 Å². The zero-order chi connectivity index (χ0) is 13.4. The molecule has 104 valence electrons. The Kier molecular flexibility index (Phi) is 7.58. The van der Waals surface area contributed by atoms with Crippen molar-refractivity contribution in [3.05, 3.63) is 0 Å². The second-order valence-corrected chi connectivity index (χ2v) is 5.48. The highest BCUT2D eigenvalue weighted by Crippen LogP contribution is 2.29. The van der Waals surface area contributed by atoms with E-state index in [4.69, 9.17) is 0 Å². The number of amides is 2. The number of rotatable bonds is 6. The monoisotopic (exact) mass is 290 g/mol. The molecule has 1 saturated carbocycles. The van der Waals surface area contributed by atoms with Gasteiger partial charge in [0, 0.05) is 36.4 Å². The van der Waals surface area contributed by atoms with Crippen molar-refractivity contribution in [2.24, 2.45) is 11.8 Å². The number of carbonyl (C=O) groups is 2. The quantitative estimate of drug-likeness (QED) is 0.549. The van der Waals surface area contributed by atoms with Gasteiger partial charge in [0.25, 0.3) is 0 Å². The molecule has 0 saturated heterocycles. The summed E-state index contributed by atoms with van der Waals surface area (Å²) in [5.74, 6) is 1.37. The highest BCUT2D eigenvalue weighted by Gasteiger charge is 2.30. The van der Waals surface area contributed by atoms with Gasteiger partial charge in [0.05, 0.1) is 0 Å². The fourth-order valence-electron chi connectivity index (χ4n) is 2.31. The lowest BCUT2D eigenvalue weighted by Gasteiger charge is -2.27. The van der Waals surface area contributed by atoms with E-state index in [1.165, 1.54) is 0 Å². The van der Waals surface area contributed by atoms with E-state index in [1.54, 1.807) is 0 Å². The minimum absolute atomic E-state index is 0.0228. The van der Waals surface area contributed by atoms with Crippen molar-refractivity contribution < 1.29 is 9.59 Å². The molecule has 1 rings (SSSR count). The van der Waals surface area contributed by atoms with Gasteiger partial charge in [-0.15, -0.1) is 0 Å². The molecule has 0 aromatic heterocycles. The van der Waals surface area contributed by atoms with Crippen LogP contribution in [0.4, 0.5) is 0 Å². The molecule has 0 aromatic carbocycles. The van der Waals surface area contributed by atoms with E-state index in [2.05, 4.69) is 35.9 Å². The van der Waals surface area contributed by atoms with E-state index in [9.17, 15) is 9.59 Å². The van der Waals surface area contributed by atoms with Crippen LogP contribution in [0.1, 0.15) is 25.7 Å². The van der Waals surface area contributed by atoms with Crippen molar-refractivity contribution in [2.45, 2.75) is 25.7 Å². The molecule has 0 bridgehead atoms. The first-order chi connectivity index (χ1) is 8.69. The van der Waals surface area contributed by atoms with Gasteiger partial charge >= 0.3 is 0 Å². The van der Waals surface area contributed by atoms with E-state index in [-0.39, 0.29) is 23.7 Å². The summed E-state index contributed by atoms with van der Waals surface area (Å²) in [6.45, 7) is 1.18. The van der Waals surface area contributed by atoms with Crippen LogP contribution in [0.15, 0.2) is 0 Å². The minimum Gasteiger partial charge on any atom is -0.355 e. The van der Waals surface area contributed by atoms with Gasteiger partial charge in [-0.25, -0.2) is 0 Å². The Balaban J connectivity index is 2.40. The van der Waals surface area contributed by atoms with Gasteiger partial charge < -0.3 is 10.6 Å². The molecule has 1 fully saturated rings. The number of hydrogen-bond donors (Lipinski definition) is 4. The number of hydrogen-bond acceptors (Lipinski definition) is 4. The third-order valence-corrected chi connectivity index (χ3v) is 3.69. The maximum atomic E-state index is 11.9. The predicted octanol–water partition coefficient (Wildman–Crippen LogP) is 0.885. The standard InChI is InChI=1S/C12H22N2O2S2/c15-11(13-4-6-17)9-2-1-3-10(8-9)12(16)14-5-7-18/h9-10,17-18H,1-8H2,(H,13,15)(H,14,16). The van der Waals surface area contributed by atoms with E-state index in [0.29, 0.717) is 31.0 Å². The minimum atomic E-state index is -0.0228. The molecule has 0 aromatic rings. The number of carbonyl (C=O) groups excluding carboxylic acids is 2. The molecule has 2 unspecified atom stereocenters. The molecule has 0 spiro atoms. The van der Waals surface area contributed by atoms with Crippen LogP contribution in [0.2, 0.25) is 0 Å². The third kappa shape index (κ3) is 5.10. The fraction of sp³-hybridized carbons (Fsp3) is 0.833. The van der Waals surface area contributed by atoms with Crippen molar-refractivity contribution in [3.8, 4) is 0 Å². The zero-order valence-corrected chi connectivity index (χ0v) is 12.3. The Morgan fingerprint density at radius 2 is 1.39 bits per heavy atom. The molecular formula is C12H22N2O2S2. The van der Waals surface area contributed by atoms with Crippen LogP contribution in [-0.2, 0) is 9.59 Å². The smallest absolute Gasteiger partial charge is 0.223 e. The molecule has 2 amide bonds. The van der Waals surface area contributed by atoms with Crippen LogP contribution in [0.25, 0.3) is 0 Å². The van der Waals surface area contributed by atoms with E-state index in [1.807, 2.05) is 0 Å². The second kappa shape index (κ2) is 8.69. The summed E-state index contributed by atoms with van der Waals surface area (Å²) in [5.41, 5.74) is 0. The van der Waals surface area contributed by atoms with Crippen LogP contribution in [0, 0.1) is 11.8 Å². The first-order valence-corrected chi connectivity index (χ1v) is 7.72. The van der Waals surface area contributed by atoms with E-state index >= 15 is 0 Å². The van der Waals surface area contributed by atoms with E-state index in [0.717, 1.165) is 19.3 Å². The lowest BCUT2D eigenvalue weighted by Crippen LogP contribution is -2.39. The number of nitrogens with one attached hydrogen (secondary N) is 2. The molecule has 18 heavy (non-hydrogen) atoms.